The van der Waals surface area contributed by atoms with Crippen LogP contribution in [-0.4, -0.2) is 25.0 Å². The molecule has 1 aliphatic heterocycles. The van der Waals surface area contributed by atoms with Crippen molar-refractivity contribution < 1.29 is 0 Å². The Hall–Kier alpha value is -1.19. The molecule has 2 N–H and O–H groups in total. The SMILES string of the molecule is CC=Nc1ccccc1CC1NCC(CC)N1. The fourth-order valence-corrected chi connectivity index (χ4v) is 2.25. The summed E-state index contributed by atoms with van der Waals surface area (Å²) < 4.78 is 0. The Labute approximate surface area is 103 Å². The summed E-state index contributed by atoms with van der Waals surface area (Å²) in [5.74, 6) is 0. The smallest absolute Gasteiger partial charge is 0.0658 e. The van der Waals surface area contributed by atoms with E-state index in [1.165, 1.54) is 12.0 Å². The van der Waals surface area contributed by atoms with Crippen molar-refractivity contribution in [3.63, 3.8) is 0 Å². The molecule has 1 heterocycles. The Bertz CT molecular complexity index is 387. The fraction of sp³-hybridized carbons (Fsp3) is 0.500. The Morgan fingerprint density at radius 1 is 1.41 bits per heavy atom. The summed E-state index contributed by atoms with van der Waals surface area (Å²) >= 11 is 0. The van der Waals surface area contributed by atoms with E-state index in [1.807, 2.05) is 19.2 Å². The van der Waals surface area contributed by atoms with Gasteiger partial charge in [0, 0.05) is 25.2 Å². The number of rotatable bonds is 4. The Morgan fingerprint density at radius 3 is 2.94 bits per heavy atom. The van der Waals surface area contributed by atoms with E-state index in [1.54, 1.807) is 0 Å². The van der Waals surface area contributed by atoms with Crippen LogP contribution in [-0.2, 0) is 6.42 Å². The van der Waals surface area contributed by atoms with Gasteiger partial charge in [-0.25, -0.2) is 0 Å². The first-order valence-electron chi connectivity index (χ1n) is 6.39. The second kappa shape index (κ2) is 5.94. The standard InChI is InChI=1S/C14H21N3/c1-3-12-10-16-14(17-12)9-11-7-5-6-8-13(11)15-4-2/h4-8,12,14,16-17H,3,9-10H2,1-2H3. The quantitative estimate of drug-likeness (QED) is 0.780. The summed E-state index contributed by atoms with van der Waals surface area (Å²) in [6.45, 7) is 5.24. The Kier molecular flexibility index (Phi) is 4.29. The molecule has 17 heavy (non-hydrogen) atoms. The van der Waals surface area contributed by atoms with E-state index in [0.717, 1.165) is 18.7 Å². The van der Waals surface area contributed by atoms with Crippen LogP contribution in [0.4, 0.5) is 5.69 Å². The molecule has 3 heteroatoms. The molecule has 3 nitrogen and oxygen atoms in total. The molecule has 0 spiro atoms. The van der Waals surface area contributed by atoms with E-state index in [0.29, 0.717) is 12.2 Å². The zero-order valence-electron chi connectivity index (χ0n) is 10.6. The summed E-state index contributed by atoms with van der Waals surface area (Å²) in [6, 6.07) is 8.96. The van der Waals surface area contributed by atoms with Crippen molar-refractivity contribution in [1.82, 2.24) is 10.6 Å². The molecule has 0 aliphatic carbocycles. The lowest BCUT2D eigenvalue weighted by Gasteiger charge is -2.13. The summed E-state index contributed by atoms with van der Waals surface area (Å²) in [5, 5.41) is 7.11. The summed E-state index contributed by atoms with van der Waals surface area (Å²) in [6.07, 6.45) is 4.40. The highest BCUT2D eigenvalue weighted by molar-refractivity contribution is 5.62. The third-order valence-corrected chi connectivity index (χ3v) is 3.22. The van der Waals surface area contributed by atoms with Crippen molar-refractivity contribution in [3.05, 3.63) is 29.8 Å². The molecule has 1 aliphatic rings. The summed E-state index contributed by atoms with van der Waals surface area (Å²) in [4.78, 5) is 4.41. The maximum Gasteiger partial charge on any atom is 0.0658 e. The number of aliphatic imine (C=N–C) groups is 1. The van der Waals surface area contributed by atoms with Crippen LogP contribution in [0.1, 0.15) is 25.8 Å². The average molecular weight is 231 g/mol. The van der Waals surface area contributed by atoms with Gasteiger partial charge in [-0.1, -0.05) is 25.1 Å². The lowest BCUT2D eigenvalue weighted by Crippen LogP contribution is -2.35. The molecule has 0 bridgehead atoms. The van der Waals surface area contributed by atoms with Crippen LogP contribution in [0.5, 0.6) is 0 Å². The fourth-order valence-electron chi connectivity index (χ4n) is 2.25. The number of nitrogens with one attached hydrogen (secondary N) is 2. The third kappa shape index (κ3) is 3.14. The molecule has 2 rings (SSSR count). The highest BCUT2D eigenvalue weighted by Crippen LogP contribution is 2.20. The molecular formula is C14H21N3. The van der Waals surface area contributed by atoms with E-state index >= 15 is 0 Å². The molecular weight excluding hydrogens is 210 g/mol. The normalized spacial score (nSPS) is 24.6. The van der Waals surface area contributed by atoms with E-state index in [2.05, 4.69) is 40.7 Å². The number of hydrogen-bond acceptors (Lipinski definition) is 3. The lowest BCUT2D eigenvalue weighted by molar-refractivity contribution is 0.512. The predicted octanol–water partition coefficient (Wildman–Crippen LogP) is 2.25. The van der Waals surface area contributed by atoms with Crippen LogP contribution in [0, 0.1) is 0 Å². The first-order chi connectivity index (χ1) is 8.33. The highest BCUT2D eigenvalue weighted by atomic mass is 15.2. The van der Waals surface area contributed by atoms with Crippen molar-refractivity contribution in [2.75, 3.05) is 6.54 Å². The zero-order chi connectivity index (χ0) is 12.1. The van der Waals surface area contributed by atoms with Gasteiger partial charge in [0.2, 0.25) is 0 Å². The molecule has 0 saturated carbocycles. The monoisotopic (exact) mass is 231 g/mol. The maximum atomic E-state index is 4.41. The van der Waals surface area contributed by atoms with Gasteiger partial charge in [0.15, 0.2) is 0 Å². The van der Waals surface area contributed by atoms with Gasteiger partial charge in [0.05, 0.1) is 11.9 Å². The van der Waals surface area contributed by atoms with E-state index in [4.69, 9.17) is 0 Å². The van der Waals surface area contributed by atoms with E-state index in [-0.39, 0.29) is 0 Å². The van der Waals surface area contributed by atoms with Crippen LogP contribution in [0.15, 0.2) is 29.3 Å². The second-order valence-corrected chi connectivity index (χ2v) is 4.45. The van der Waals surface area contributed by atoms with Gasteiger partial charge in [0.1, 0.15) is 0 Å². The van der Waals surface area contributed by atoms with Crippen molar-refractivity contribution in [2.45, 2.75) is 38.9 Å². The summed E-state index contributed by atoms with van der Waals surface area (Å²) in [5.41, 5.74) is 2.38. The predicted molar refractivity (Wildman–Crippen MR) is 73.0 cm³/mol. The molecule has 1 aromatic carbocycles. The number of hydrogen-bond donors (Lipinski definition) is 2. The topological polar surface area (TPSA) is 36.4 Å². The average Bonchev–Trinajstić information content (AvgIpc) is 2.80. The second-order valence-electron chi connectivity index (χ2n) is 4.45. The van der Waals surface area contributed by atoms with Crippen LogP contribution >= 0.6 is 0 Å². The minimum atomic E-state index is 0.383. The van der Waals surface area contributed by atoms with Crippen LogP contribution in [0.25, 0.3) is 0 Å². The Balaban J connectivity index is 2.03. The van der Waals surface area contributed by atoms with Crippen molar-refractivity contribution in [2.24, 2.45) is 4.99 Å². The third-order valence-electron chi connectivity index (χ3n) is 3.22. The first kappa shape index (κ1) is 12.3. The largest absolute Gasteiger partial charge is 0.300 e. The van der Waals surface area contributed by atoms with E-state index in [9.17, 15) is 0 Å². The van der Waals surface area contributed by atoms with Gasteiger partial charge < -0.3 is 5.32 Å². The molecule has 2 atom stereocenters. The minimum absolute atomic E-state index is 0.383. The number of para-hydroxylation sites is 1. The molecule has 92 valence electrons. The van der Waals surface area contributed by atoms with Gasteiger partial charge >= 0.3 is 0 Å². The molecule has 0 radical (unpaired) electrons. The molecule has 0 amide bonds. The zero-order valence-corrected chi connectivity index (χ0v) is 10.6. The van der Waals surface area contributed by atoms with Crippen LogP contribution in [0.3, 0.4) is 0 Å². The van der Waals surface area contributed by atoms with Crippen molar-refractivity contribution in [1.29, 1.82) is 0 Å². The molecule has 0 aromatic heterocycles. The van der Waals surface area contributed by atoms with Gasteiger partial charge in [-0.3, -0.25) is 10.3 Å². The molecule has 1 saturated heterocycles. The number of nitrogens with zero attached hydrogens (tertiary/aromatic N) is 1. The van der Waals surface area contributed by atoms with Gasteiger partial charge in [-0.2, -0.15) is 0 Å². The lowest BCUT2D eigenvalue weighted by atomic mass is 10.1. The van der Waals surface area contributed by atoms with Crippen molar-refractivity contribution >= 4 is 11.9 Å². The van der Waals surface area contributed by atoms with Crippen molar-refractivity contribution in [3.8, 4) is 0 Å². The van der Waals surface area contributed by atoms with Crippen LogP contribution in [0.2, 0.25) is 0 Å². The maximum absolute atomic E-state index is 4.41. The van der Waals surface area contributed by atoms with Gasteiger partial charge in [-0.05, 0) is 25.0 Å². The molecule has 1 aromatic rings. The van der Waals surface area contributed by atoms with Crippen LogP contribution < -0.4 is 10.6 Å². The van der Waals surface area contributed by atoms with E-state index < -0.39 is 0 Å². The molecule has 2 unspecified atom stereocenters. The minimum Gasteiger partial charge on any atom is -0.300 e. The summed E-state index contributed by atoms with van der Waals surface area (Å²) in [7, 11) is 0. The highest BCUT2D eigenvalue weighted by Gasteiger charge is 2.21. The first-order valence-corrected chi connectivity index (χ1v) is 6.39. The Morgan fingerprint density at radius 2 is 2.24 bits per heavy atom. The van der Waals surface area contributed by atoms with Gasteiger partial charge in [-0.15, -0.1) is 0 Å². The van der Waals surface area contributed by atoms with Gasteiger partial charge in [0.25, 0.3) is 0 Å². The molecule has 1 fully saturated rings. The number of benzene rings is 1.